The number of carbonyl (C=O) groups excluding carboxylic acids is 1. The highest BCUT2D eigenvalue weighted by Gasteiger charge is 2.24. The van der Waals surface area contributed by atoms with E-state index in [4.69, 9.17) is 4.52 Å². The minimum Gasteiger partial charge on any atom is -0.391 e. The third-order valence-electron chi connectivity index (χ3n) is 3.86. The van der Waals surface area contributed by atoms with Gasteiger partial charge in [-0.25, -0.2) is 0 Å². The molecule has 1 amide bonds. The van der Waals surface area contributed by atoms with Gasteiger partial charge >= 0.3 is 0 Å². The number of nitrogens with zero attached hydrogens (tertiary/aromatic N) is 1. The molecule has 1 aromatic rings. The maximum atomic E-state index is 11.9. The van der Waals surface area contributed by atoms with Crippen LogP contribution in [-0.4, -0.2) is 28.3 Å². The summed E-state index contributed by atoms with van der Waals surface area (Å²) in [5.74, 6) is 0.772. The Morgan fingerprint density at radius 2 is 2.16 bits per heavy atom. The second kappa shape index (κ2) is 6.19. The molecule has 5 heteroatoms. The second-order valence-electron chi connectivity index (χ2n) is 5.33. The Labute approximate surface area is 113 Å². The van der Waals surface area contributed by atoms with E-state index in [1.807, 2.05) is 13.8 Å². The van der Waals surface area contributed by atoms with Crippen molar-refractivity contribution in [3.05, 3.63) is 17.0 Å². The van der Waals surface area contributed by atoms with Crippen LogP contribution >= 0.6 is 0 Å². The number of rotatable bonds is 4. The minimum atomic E-state index is -0.392. The van der Waals surface area contributed by atoms with Gasteiger partial charge in [-0.3, -0.25) is 4.79 Å². The number of hydrogen-bond donors (Lipinski definition) is 2. The maximum absolute atomic E-state index is 11.9. The van der Waals surface area contributed by atoms with Crippen LogP contribution in [0.15, 0.2) is 4.52 Å². The van der Waals surface area contributed by atoms with Gasteiger partial charge in [0.1, 0.15) is 5.76 Å². The highest BCUT2D eigenvalue weighted by molar-refractivity contribution is 5.76. The standard InChI is InChI=1S/C14H22N2O3/c1-9-11(10(2)19-16-9)7-8-14(18)15-12-5-3-4-6-13(12)17/h12-13,17H,3-8H2,1-2H3,(H,15,18). The van der Waals surface area contributed by atoms with Crippen molar-refractivity contribution in [2.75, 3.05) is 0 Å². The van der Waals surface area contributed by atoms with Gasteiger partial charge in [0, 0.05) is 12.0 Å². The summed E-state index contributed by atoms with van der Waals surface area (Å²) in [5, 5.41) is 16.6. The second-order valence-corrected chi connectivity index (χ2v) is 5.33. The highest BCUT2D eigenvalue weighted by atomic mass is 16.5. The molecule has 2 unspecified atom stereocenters. The van der Waals surface area contributed by atoms with Gasteiger partial charge in [0.2, 0.25) is 5.91 Å². The van der Waals surface area contributed by atoms with E-state index in [2.05, 4.69) is 10.5 Å². The predicted molar refractivity (Wildman–Crippen MR) is 70.7 cm³/mol. The summed E-state index contributed by atoms with van der Waals surface area (Å²) in [6.45, 7) is 3.74. The third kappa shape index (κ3) is 3.56. The van der Waals surface area contributed by atoms with E-state index in [9.17, 15) is 9.90 Å². The molecule has 1 fully saturated rings. The lowest BCUT2D eigenvalue weighted by Crippen LogP contribution is -2.45. The van der Waals surface area contributed by atoms with Crippen molar-refractivity contribution in [1.82, 2.24) is 10.5 Å². The quantitative estimate of drug-likeness (QED) is 0.868. The normalized spacial score (nSPS) is 23.3. The summed E-state index contributed by atoms with van der Waals surface area (Å²) in [6.07, 6.45) is 4.43. The third-order valence-corrected chi connectivity index (χ3v) is 3.86. The first kappa shape index (κ1) is 14.1. The Kier molecular flexibility index (Phi) is 4.58. The van der Waals surface area contributed by atoms with Crippen LogP contribution in [0.4, 0.5) is 0 Å². The fourth-order valence-corrected chi connectivity index (χ4v) is 2.66. The molecule has 2 atom stereocenters. The summed E-state index contributed by atoms with van der Waals surface area (Å²) >= 11 is 0. The van der Waals surface area contributed by atoms with Crippen LogP contribution in [0.5, 0.6) is 0 Å². The minimum absolute atomic E-state index is 0.00838. The predicted octanol–water partition coefficient (Wildman–Crippen LogP) is 1.64. The number of aliphatic hydroxyl groups is 1. The molecule has 1 aromatic heterocycles. The van der Waals surface area contributed by atoms with Gasteiger partial charge < -0.3 is 14.9 Å². The topological polar surface area (TPSA) is 75.4 Å². The molecule has 5 nitrogen and oxygen atoms in total. The van der Waals surface area contributed by atoms with E-state index in [0.717, 1.165) is 42.7 Å². The molecule has 1 heterocycles. The maximum Gasteiger partial charge on any atom is 0.220 e. The molecule has 0 aliphatic heterocycles. The van der Waals surface area contributed by atoms with Crippen molar-refractivity contribution >= 4 is 5.91 Å². The Hall–Kier alpha value is -1.36. The first-order valence-electron chi connectivity index (χ1n) is 6.97. The van der Waals surface area contributed by atoms with Crippen LogP contribution in [0.3, 0.4) is 0 Å². The molecule has 0 aromatic carbocycles. The van der Waals surface area contributed by atoms with E-state index >= 15 is 0 Å². The van der Waals surface area contributed by atoms with Crippen molar-refractivity contribution in [2.24, 2.45) is 0 Å². The Bertz CT molecular complexity index is 422. The number of amides is 1. The fourth-order valence-electron chi connectivity index (χ4n) is 2.66. The number of aromatic nitrogens is 1. The van der Waals surface area contributed by atoms with Crippen LogP contribution < -0.4 is 5.32 Å². The van der Waals surface area contributed by atoms with Gasteiger partial charge in [-0.05, 0) is 33.1 Å². The molecule has 1 aliphatic rings. The van der Waals surface area contributed by atoms with E-state index in [-0.39, 0.29) is 11.9 Å². The Morgan fingerprint density at radius 1 is 1.42 bits per heavy atom. The average molecular weight is 266 g/mol. The summed E-state index contributed by atoms with van der Waals surface area (Å²) < 4.78 is 5.07. The monoisotopic (exact) mass is 266 g/mol. The van der Waals surface area contributed by atoms with Gasteiger partial charge in [0.25, 0.3) is 0 Å². The molecule has 1 aliphatic carbocycles. The van der Waals surface area contributed by atoms with Crippen molar-refractivity contribution < 1.29 is 14.4 Å². The zero-order valence-corrected chi connectivity index (χ0v) is 11.6. The first-order valence-corrected chi connectivity index (χ1v) is 6.97. The molecule has 2 rings (SSSR count). The summed E-state index contributed by atoms with van der Waals surface area (Å²) in [4.78, 5) is 11.9. The number of hydrogen-bond acceptors (Lipinski definition) is 4. The van der Waals surface area contributed by atoms with E-state index in [0.29, 0.717) is 12.8 Å². The molecule has 0 spiro atoms. The molecular formula is C14H22N2O3. The SMILES string of the molecule is Cc1noc(C)c1CCC(=O)NC1CCCCC1O. The summed E-state index contributed by atoms with van der Waals surface area (Å²) in [7, 11) is 0. The molecule has 0 saturated heterocycles. The van der Waals surface area contributed by atoms with Gasteiger partial charge in [0.15, 0.2) is 0 Å². The van der Waals surface area contributed by atoms with E-state index in [1.54, 1.807) is 0 Å². The molecule has 1 saturated carbocycles. The van der Waals surface area contributed by atoms with Crippen molar-refractivity contribution in [2.45, 2.75) is 64.5 Å². The zero-order valence-electron chi connectivity index (χ0n) is 11.6. The summed E-state index contributed by atoms with van der Waals surface area (Å²) in [5.41, 5.74) is 1.86. The Balaban J connectivity index is 1.81. The van der Waals surface area contributed by atoms with Gasteiger partial charge in [-0.1, -0.05) is 18.0 Å². The van der Waals surface area contributed by atoms with Crippen molar-refractivity contribution in [3.63, 3.8) is 0 Å². The van der Waals surface area contributed by atoms with E-state index < -0.39 is 6.10 Å². The van der Waals surface area contributed by atoms with E-state index in [1.165, 1.54) is 0 Å². The first-order chi connectivity index (χ1) is 9.08. The lowest BCUT2D eigenvalue weighted by molar-refractivity contribution is -0.123. The molecule has 106 valence electrons. The summed E-state index contributed by atoms with van der Waals surface area (Å²) in [6, 6.07) is -0.0779. The van der Waals surface area contributed by atoms with Crippen LogP contribution in [0.1, 0.15) is 49.1 Å². The molecule has 0 radical (unpaired) electrons. The molecular weight excluding hydrogens is 244 g/mol. The average Bonchev–Trinajstić information content (AvgIpc) is 2.70. The largest absolute Gasteiger partial charge is 0.391 e. The molecule has 2 N–H and O–H groups in total. The smallest absolute Gasteiger partial charge is 0.220 e. The van der Waals surface area contributed by atoms with Gasteiger partial charge in [-0.15, -0.1) is 0 Å². The molecule has 0 bridgehead atoms. The van der Waals surface area contributed by atoms with Gasteiger partial charge in [-0.2, -0.15) is 0 Å². The fraction of sp³-hybridized carbons (Fsp3) is 0.714. The highest BCUT2D eigenvalue weighted by Crippen LogP contribution is 2.19. The Morgan fingerprint density at radius 3 is 2.79 bits per heavy atom. The number of carbonyl (C=O) groups is 1. The zero-order chi connectivity index (χ0) is 13.8. The van der Waals surface area contributed by atoms with Crippen LogP contribution in [-0.2, 0) is 11.2 Å². The lowest BCUT2D eigenvalue weighted by Gasteiger charge is -2.28. The van der Waals surface area contributed by atoms with Crippen LogP contribution in [0.25, 0.3) is 0 Å². The number of aliphatic hydroxyl groups excluding tert-OH is 1. The van der Waals surface area contributed by atoms with Crippen molar-refractivity contribution in [1.29, 1.82) is 0 Å². The lowest BCUT2D eigenvalue weighted by atomic mass is 9.92. The van der Waals surface area contributed by atoms with Crippen LogP contribution in [0, 0.1) is 13.8 Å². The number of nitrogens with one attached hydrogen (secondary N) is 1. The molecule has 19 heavy (non-hydrogen) atoms. The number of aryl methyl sites for hydroxylation is 2. The van der Waals surface area contributed by atoms with Gasteiger partial charge in [0.05, 0.1) is 17.8 Å². The van der Waals surface area contributed by atoms with Crippen LogP contribution in [0.2, 0.25) is 0 Å². The van der Waals surface area contributed by atoms with Crippen molar-refractivity contribution in [3.8, 4) is 0 Å².